The minimum atomic E-state index is -3.46. The lowest BCUT2D eigenvalue weighted by Gasteiger charge is -2.37. The summed E-state index contributed by atoms with van der Waals surface area (Å²) >= 11 is 0. The number of aliphatic hydroxyl groups excluding tert-OH is 1. The molecule has 0 aromatic carbocycles. The third-order valence-electron chi connectivity index (χ3n) is 3.54. The zero-order valence-electron chi connectivity index (χ0n) is 10.9. The molecule has 0 amide bonds. The fourth-order valence-electron chi connectivity index (χ4n) is 2.76. The Morgan fingerprint density at radius 2 is 1.89 bits per heavy atom. The summed E-state index contributed by atoms with van der Waals surface area (Å²) in [7, 11) is -3.46. The molecule has 3 atom stereocenters. The largest absolute Gasteiger partial charge is 0.395 e. The van der Waals surface area contributed by atoms with Gasteiger partial charge in [0.15, 0.2) is 0 Å². The van der Waals surface area contributed by atoms with Gasteiger partial charge in [-0.05, 0) is 26.7 Å². The Balaban J connectivity index is 2.15. The first kappa shape index (κ1) is 14.2. The number of morpholine rings is 1. The molecule has 2 heterocycles. The van der Waals surface area contributed by atoms with Crippen LogP contribution in [0.25, 0.3) is 0 Å². The van der Waals surface area contributed by atoms with Crippen molar-refractivity contribution in [3.63, 3.8) is 0 Å². The summed E-state index contributed by atoms with van der Waals surface area (Å²) in [5.74, 6) is 0. The number of aliphatic hydroxyl groups is 1. The quantitative estimate of drug-likeness (QED) is 0.776. The van der Waals surface area contributed by atoms with Crippen molar-refractivity contribution in [2.75, 3.05) is 26.2 Å². The predicted octanol–water partition coefficient (Wildman–Crippen LogP) is -0.203. The normalized spacial score (nSPS) is 36.1. The molecule has 0 aromatic rings. The Hall–Kier alpha value is -0.210. The molecule has 0 radical (unpaired) electrons. The van der Waals surface area contributed by atoms with Crippen LogP contribution >= 0.6 is 0 Å². The van der Waals surface area contributed by atoms with Crippen LogP contribution in [0.15, 0.2) is 0 Å². The minimum Gasteiger partial charge on any atom is -0.395 e. The van der Waals surface area contributed by atoms with Crippen LogP contribution in [-0.2, 0) is 14.9 Å². The van der Waals surface area contributed by atoms with Gasteiger partial charge >= 0.3 is 0 Å². The van der Waals surface area contributed by atoms with E-state index in [1.165, 1.54) is 8.61 Å². The maximum Gasteiger partial charge on any atom is 0.282 e. The molecule has 106 valence electrons. The molecule has 0 saturated carbocycles. The Morgan fingerprint density at radius 1 is 1.28 bits per heavy atom. The average Bonchev–Trinajstić information content (AvgIpc) is 2.76. The number of hydrogen-bond donors (Lipinski definition) is 1. The Kier molecular flexibility index (Phi) is 4.28. The molecule has 1 N–H and O–H groups in total. The van der Waals surface area contributed by atoms with Crippen molar-refractivity contribution in [3.05, 3.63) is 0 Å². The standard InChI is InChI=1S/C11H22N2O4S/c1-9-6-12(7-10(2)17-9)18(15,16)13-5-3-4-11(13)8-14/h9-11,14H,3-8H2,1-2H3/t9?,10?,11-/m0/s1. The topological polar surface area (TPSA) is 70.1 Å². The SMILES string of the molecule is CC1CN(S(=O)(=O)N2CCC[C@H]2CO)CC(C)O1. The fourth-order valence-corrected chi connectivity index (χ4v) is 4.76. The van der Waals surface area contributed by atoms with Crippen LogP contribution in [0.3, 0.4) is 0 Å². The van der Waals surface area contributed by atoms with E-state index in [9.17, 15) is 13.5 Å². The summed E-state index contributed by atoms with van der Waals surface area (Å²) in [4.78, 5) is 0. The van der Waals surface area contributed by atoms with Crippen molar-refractivity contribution in [2.45, 2.75) is 44.9 Å². The number of nitrogens with zero attached hydrogens (tertiary/aromatic N) is 2. The number of rotatable bonds is 3. The molecule has 2 rings (SSSR count). The number of ether oxygens (including phenoxy) is 1. The van der Waals surface area contributed by atoms with Crippen molar-refractivity contribution >= 4 is 10.2 Å². The second-order valence-corrected chi connectivity index (χ2v) is 7.05. The van der Waals surface area contributed by atoms with E-state index < -0.39 is 10.2 Å². The van der Waals surface area contributed by atoms with Gasteiger partial charge in [-0.1, -0.05) is 0 Å². The maximum atomic E-state index is 12.5. The van der Waals surface area contributed by atoms with E-state index in [0.29, 0.717) is 19.6 Å². The van der Waals surface area contributed by atoms with Crippen LogP contribution in [0.4, 0.5) is 0 Å². The molecule has 0 aromatic heterocycles. The number of hydrogen-bond acceptors (Lipinski definition) is 4. The summed E-state index contributed by atoms with van der Waals surface area (Å²) in [6, 6.07) is -0.261. The molecule has 18 heavy (non-hydrogen) atoms. The van der Waals surface area contributed by atoms with Crippen molar-refractivity contribution in [2.24, 2.45) is 0 Å². The average molecular weight is 278 g/mol. The predicted molar refractivity (Wildman–Crippen MR) is 67.3 cm³/mol. The lowest BCUT2D eigenvalue weighted by molar-refractivity contribution is -0.0456. The van der Waals surface area contributed by atoms with Crippen molar-refractivity contribution in [1.29, 1.82) is 0 Å². The third kappa shape index (κ3) is 2.70. The highest BCUT2D eigenvalue weighted by Crippen LogP contribution is 2.25. The van der Waals surface area contributed by atoms with E-state index in [1.54, 1.807) is 0 Å². The van der Waals surface area contributed by atoms with Gasteiger partial charge in [0, 0.05) is 25.7 Å². The lowest BCUT2D eigenvalue weighted by atomic mass is 10.2. The van der Waals surface area contributed by atoms with Crippen LogP contribution in [0.1, 0.15) is 26.7 Å². The molecule has 2 aliphatic rings. The van der Waals surface area contributed by atoms with Gasteiger partial charge in [0.2, 0.25) is 0 Å². The van der Waals surface area contributed by atoms with Gasteiger partial charge in [0.25, 0.3) is 10.2 Å². The van der Waals surface area contributed by atoms with Gasteiger partial charge in [0.05, 0.1) is 18.8 Å². The molecule has 7 heteroatoms. The molecule has 0 aliphatic carbocycles. The Morgan fingerprint density at radius 3 is 2.44 bits per heavy atom. The van der Waals surface area contributed by atoms with E-state index in [4.69, 9.17) is 4.74 Å². The monoisotopic (exact) mass is 278 g/mol. The van der Waals surface area contributed by atoms with Crippen LogP contribution in [0.2, 0.25) is 0 Å². The molecule has 2 aliphatic heterocycles. The van der Waals surface area contributed by atoms with Gasteiger partial charge in [-0.2, -0.15) is 17.0 Å². The van der Waals surface area contributed by atoms with E-state index in [0.717, 1.165) is 12.8 Å². The Labute approximate surface area is 109 Å². The highest BCUT2D eigenvalue weighted by atomic mass is 32.2. The molecule has 2 unspecified atom stereocenters. The first-order valence-electron chi connectivity index (χ1n) is 6.48. The van der Waals surface area contributed by atoms with E-state index in [2.05, 4.69) is 0 Å². The summed E-state index contributed by atoms with van der Waals surface area (Å²) in [5.41, 5.74) is 0. The maximum absolute atomic E-state index is 12.5. The third-order valence-corrected chi connectivity index (χ3v) is 5.57. The van der Waals surface area contributed by atoms with Crippen LogP contribution in [0, 0.1) is 0 Å². The fraction of sp³-hybridized carbons (Fsp3) is 1.00. The summed E-state index contributed by atoms with van der Waals surface area (Å²) in [5, 5.41) is 9.25. The molecule has 2 fully saturated rings. The Bertz CT molecular complexity index is 377. The zero-order valence-corrected chi connectivity index (χ0v) is 11.8. The summed E-state index contributed by atoms with van der Waals surface area (Å²) in [6.45, 7) is 4.95. The van der Waals surface area contributed by atoms with Crippen LogP contribution in [-0.4, -0.2) is 66.6 Å². The van der Waals surface area contributed by atoms with Gasteiger partial charge < -0.3 is 9.84 Å². The first-order chi connectivity index (χ1) is 8.45. The molecule has 2 saturated heterocycles. The van der Waals surface area contributed by atoms with Crippen LogP contribution in [0.5, 0.6) is 0 Å². The first-order valence-corrected chi connectivity index (χ1v) is 7.88. The molecule has 0 bridgehead atoms. The van der Waals surface area contributed by atoms with Crippen molar-refractivity contribution < 1.29 is 18.3 Å². The van der Waals surface area contributed by atoms with Gasteiger partial charge in [0.1, 0.15) is 0 Å². The van der Waals surface area contributed by atoms with Gasteiger partial charge in [-0.15, -0.1) is 0 Å². The van der Waals surface area contributed by atoms with E-state index >= 15 is 0 Å². The summed E-state index contributed by atoms with van der Waals surface area (Å²) in [6.07, 6.45) is 1.39. The van der Waals surface area contributed by atoms with Crippen molar-refractivity contribution in [1.82, 2.24) is 8.61 Å². The van der Waals surface area contributed by atoms with E-state index in [-0.39, 0.29) is 24.9 Å². The summed E-state index contributed by atoms with van der Waals surface area (Å²) < 4.78 is 33.5. The van der Waals surface area contributed by atoms with Gasteiger partial charge in [-0.25, -0.2) is 0 Å². The molecule has 0 spiro atoms. The smallest absolute Gasteiger partial charge is 0.282 e. The van der Waals surface area contributed by atoms with Crippen LogP contribution < -0.4 is 0 Å². The second-order valence-electron chi connectivity index (χ2n) is 5.17. The second kappa shape index (κ2) is 5.42. The molecular weight excluding hydrogens is 256 g/mol. The van der Waals surface area contributed by atoms with Gasteiger partial charge in [-0.3, -0.25) is 0 Å². The highest BCUT2D eigenvalue weighted by molar-refractivity contribution is 7.86. The van der Waals surface area contributed by atoms with Crippen molar-refractivity contribution in [3.8, 4) is 0 Å². The zero-order chi connectivity index (χ0) is 13.3. The lowest BCUT2D eigenvalue weighted by Crippen LogP contribution is -2.54. The van der Waals surface area contributed by atoms with E-state index in [1.807, 2.05) is 13.8 Å². The highest BCUT2D eigenvalue weighted by Gasteiger charge is 2.40. The minimum absolute atomic E-state index is 0.0845. The molecular formula is C11H22N2O4S. The molecule has 6 nitrogen and oxygen atoms in total.